The monoisotopic (exact) mass is 322 g/mol. The van der Waals surface area contributed by atoms with E-state index < -0.39 is 17.0 Å². The summed E-state index contributed by atoms with van der Waals surface area (Å²) in [5.74, 6) is -1.17. The summed E-state index contributed by atoms with van der Waals surface area (Å²) < 4.78 is 0. The highest BCUT2D eigenvalue weighted by molar-refractivity contribution is 8.13. The van der Waals surface area contributed by atoms with Crippen LogP contribution < -0.4 is 10.6 Å². The first-order valence-corrected chi connectivity index (χ1v) is 8.03. The van der Waals surface area contributed by atoms with Crippen LogP contribution in [0, 0.1) is 0 Å². The van der Waals surface area contributed by atoms with Crippen molar-refractivity contribution in [1.29, 1.82) is 0 Å². The molecule has 1 rings (SSSR count). The molecule has 0 radical (unpaired) electrons. The molecule has 7 nitrogen and oxygen atoms in total. The number of aliphatic carboxylic acids is 1. The van der Waals surface area contributed by atoms with Crippen LogP contribution in [-0.4, -0.2) is 50.8 Å². The average Bonchev–Trinajstić information content (AvgIpc) is 2.39. The second kappa shape index (κ2) is 10.8. The maximum Gasteiger partial charge on any atom is 0.366 e. The molecule has 1 saturated heterocycles. The van der Waals surface area contributed by atoms with E-state index in [9.17, 15) is 14.7 Å². The Balaban J connectivity index is 0.000000382. The largest absolute Gasteiger partial charge is 0.478 e. The summed E-state index contributed by atoms with van der Waals surface area (Å²) in [7, 11) is 0. The van der Waals surface area contributed by atoms with Crippen molar-refractivity contribution in [2.24, 2.45) is 0 Å². The quantitative estimate of drug-likeness (QED) is 0.370. The van der Waals surface area contributed by atoms with Crippen LogP contribution in [-0.2, 0) is 4.79 Å². The Morgan fingerprint density at radius 3 is 2.43 bits per heavy atom. The summed E-state index contributed by atoms with van der Waals surface area (Å²) in [6.07, 6.45) is 4.26. The Bertz CT molecular complexity index is 322. The van der Waals surface area contributed by atoms with Crippen molar-refractivity contribution < 1.29 is 24.9 Å². The number of unbranched alkanes of at least 4 members (excludes halogenated alkanes) is 1. The van der Waals surface area contributed by atoms with Crippen LogP contribution in [0.1, 0.15) is 46.0 Å². The molecule has 0 aliphatic carbocycles. The molecule has 1 aliphatic rings. The van der Waals surface area contributed by atoms with E-state index in [0.717, 1.165) is 44.0 Å². The lowest BCUT2D eigenvalue weighted by molar-refractivity contribution is -0.165. The first-order chi connectivity index (χ1) is 9.81. The highest BCUT2D eigenvalue weighted by atomic mass is 32.2. The van der Waals surface area contributed by atoms with E-state index in [1.54, 1.807) is 0 Å². The summed E-state index contributed by atoms with van der Waals surface area (Å²) in [6, 6.07) is 0. The summed E-state index contributed by atoms with van der Waals surface area (Å²) in [5, 5.41) is 30.9. The fraction of sp³-hybridized carbons (Fsp3) is 0.846. The van der Waals surface area contributed by atoms with Crippen LogP contribution in [0.15, 0.2) is 0 Å². The van der Waals surface area contributed by atoms with E-state index in [1.807, 2.05) is 6.92 Å². The lowest BCUT2D eigenvalue weighted by atomic mass is 10.0. The Hall–Kier alpha value is -0.830. The van der Waals surface area contributed by atoms with Crippen LogP contribution in [0.4, 0.5) is 4.79 Å². The Morgan fingerprint density at radius 1 is 1.38 bits per heavy atom. The Morgan fingerprint density at radius 2 is 2.05 bits per heavy atom. The van der Waals surface area contributed by atoms with E-state index in [-0.39, 0.29) is 5.37 Å². The number of hydrogen-bond donors (Lipinski definition) is 5. The van der Waals surface area contributed by atoms with E-state index >= 15 is 0 Å². The SMILES string of the molecule is CCCCNC(C)SC(=O)O.O=C(O)C1(O)CCCCN1. The molecular formula is C13H26N2O5S. The van der Waals surface area contributed by atoms with Crippen molar-refractivity contribution in [2.45, 2.75) is 57.1 Å². The minimum atomic E-state index is -1.65. The molecule has 0 aromatic carbocycles. The third-order valence-corrected chi connectivity index (χ3v) is 3.70. The summed E-state index contributed by atoms with van der Waals surface area (Å²) in [4.78, 5) is 20.5. The van der Waals surface area contributed by atoms with Crippen LogP contribution in [0.3, 0.4) is 0 Å². The van der Waals surface area contributed by atoms with Gasteiger partial charge in [-0.05, 0) is 51.0 Å². The third-order valence-electron chi connectivity index (χ3n) is 2.98. The zero-order valence-electron chi connectivity index (χ0n) is 12.6. The first kappa shape index (κ1) is 20.2. The van der Waals surface area contributed by atoms with Crippen molar-refractivity contribution in [3.63, 3.8) is 0 Å². The molecule has 0 aromatic heterocycles. The van der Waals surface area contributed by atoms with Crippen molar-refractivity contribution in [3.05, 3.63) is 0 Å². The smallest absolute Gasteiger partial charge is 0.366 e. The number of piperidine rings is 1. The fourth-order valence-electron chi connectivity index (χ4n) is 1.75. The van der Waals surface area contributed by atoms with Gasteiger partial charge in [-0.1, -0.05) is 13.3 Å². The molecule has 2 atom stereocenters. The highest BCUT2D eigenvalue weighted by Crippen LogP contribution is 2.15. The third kappa shape index (κ3) is 9.67. The predicted molar refractivity (Wildman–Crippen MR) is 82.4 cm³/mol. The van der Waals surface area contributed by atoms with Gasteiger partial charge >= 0.3 is 11.3 Å². The molecular weight excluding hydrogens is 296 g/mol. The Labute approximate surface area is 129 Å². The molecule has 1 aliphatic heterocycles. The number of carboxylic acids is 1. The van der Waals surface area contributed by atoms with Crippen molar-refractivity contribution >= 4 is 23.0 Å². The lowest BCUT2D eigenvalue weighted by Gasteiger charge is -2.28. The van der Waals surface area contributed by atoms with Crippen molar-refractivity contribution in [3.8, 4) is 0 Å². The molecule has 2 unspecified atom stereocenters. The number of carbonyl (C=O) groups is 2. The van der Waals surface area contributed by atoms with E-state index in [2.05, 4.69) is 17.6 Å². The van der Waals surface area contributed by atoms with Crippen LogP contribution in [0.2, 0.25) is 0 Å². The topological polar surface area (TPSA) is 119 Å². The normalized spacial score (nSPS) is 22.8. The predicted octanol–water partition coefficient (Wildman–Crippen LogP) is 1.67. The van der Waals surface area contributed by atoms with Crippen molar-refractivity contribution in [2.75, 3.05) is 13.1 Å². The van der Waals surface area contributed by atoms with Gasteiger partial charge in [0.05, 0.1) is 5.37 Å². The van der Waals surface area contributed by atoms with Gasteiger partial charge < -0.3 is 20.6 Å². The lowest BCUT2D eigenvalue weighted by Crippen LogP contribution is -2.54. The second-order valence-electron chi connectivity index (χ2n) is 4.88. The molecule has 0 amide bonds. The zero-order valence-corrected chi connectivity index (χ0v) is 13.4. The Kier molecular flexibility index (Phi) is 10.4. The van der Waals surface area contributed by atoms with Gasteiger partial charge in [0.1, 0.15) is 0 Å². The van der Waals surface area contributed by atoms with E-state index in [0.29, 0.717) is 13.0 Å². The molecule has 0 saturated carbocycles. The van der Waals surface area contributed by atoms with Gasteiger partial charge in [-0.2, -0.15) is 0 Å². The van der Waals surface area contributed by atoms with Gasteiger partial charge in [0, 0.05) is 6.42 Å². The minimum absolute atomic E-state index is 0.0130. The summed E-state index contributed by atoms with van der Waals surface area (Å²) in [5.41, 5.74) is -1.65. The van der Waals surface area contributed by atoms with Gasteiger partial charge in [-0.25, -0.2) is 9.59 Å². The summed E-state index contributed by atoms with van der Waals surface area (Å²) in [6.45, 7) is 5.45. The minimum Gasteiger partial charge on any atom is -0.478 e. The van der Waals surface area contributed by atoms with Gasteiger partial charge in [-0.3, -0.25) is 5.32 Å². The maximum atomic E-state index is 10.4. The molecule has 0 bridgehead atoms. The molecule has 21 heavy (non-hydrogen) atoms. The molecule has 0 aromatic rings. The fourth-order valence-corrected chi connectivity index (χ4v) is 2.25. The van der Waals surface area contributed by atoms with E-state index in [1.165, 1.54) is 0 Å². The number of rotatable bonds is 6. The van der Waals surface area contributed by atoms with Gasteiger partial charge in [0.25, 0.3) is 0 Å². The molecule has 124 valence electrons. The molecule has 5 N–H and O–H groups in total. The number of carboxylic acid groups (broad SMARTS) is 2. The molecule has 8 heteroatoms. The van der Waals surface area contributed by atoms with Crippen molar-refractivity contribution in [1.82, 2.24) is 10.6 Å². The summed E-state index contributed by atoms with van der Waals surface area (Å²) >= 11 is 0.910. The zero-order chi connectivity index (χ0) is 16.3. The van der Waals surface area contributed by atoms with Gasteiger partial charge in [0.2, 0.25) is 5.72 Å². The second-order valence-corrected chi connectivity index (χ2v) is 6.18. The standard InChI is InChI=1S/C7H15NO2S.C6H11NO3/c1-3-4-5-8-6(2)11-7(9)10;8-5(9)6(10)3-1-2-4-7-6/h6,8H,3-5H2,1-2H3,(H,9,10);7,10H,1-4H2,(H,8,9). The van der Waals surface area contributed by atoms with Crippen LogP contribution >= 0.6 is 11.8 Å². The number of hydrogen-bond acceptors (Lipinski definition) is 6. The van der Waals surface area contributed by atoms with Crippen LogP contribution in [0.5, 0.6) is 0 Å². The van der Waals surface area contributed by atoms with Crippen LogP contribution in [0.25, 0.3) is 0 Å². The molecule has 1 fully saturated rings. The molecule has 0 spiro atoms. The number of aliphatic hydroxyl groups is 1. The number of nitrogens with one attached hydrogen (secondary N) is 2. The average molecular weight is 322 g/mol. The highest BCUT2D eigenvalue weighted by Gasteiger charge is 2.36. The molecule has 1 heterocycles. The van der Waals surface area contributed by atoms with Gasteiger partial charge in [-0.15, -0.1) is 0 Å². The maximum absolute atomic E-state index is 10.4. The van der Waals surface area contributed by atoms with Gasteiger partial charge in [0.15, 0.2) is 0 Å². The number of thioether (sulfide) groups is 1. The first-order valence-electron chi connectivity index (χ1n) is 7.15. The van der Waals surface area contributed by atoms with E-state index in [4.69, 9.17) is 10.2 Å².